The number of nitrogens with one attached hydrogen (secondary N) is 1. The van der Waals surface area contributed by atoms with Gasteiger partial charge in [0.2, 0.25) is 5.91 Å². The summed E-state index contributed by atoms with van der Waals surface area (Å²) in [5.74, 6) is 0.0909. The lowest BCUT2D eigenvalue weighted by atomic mass is 10.3. The second kappa shape index (κ2) is 9.48. The van der Waals surface area contributed by atoms with E-state index in [1.807, 2.05) is 6.92 Å². The van der Waals surface area contributed by atoms with Crippen LogP contribution in [0.1, 0.15) is 26.2 Å². The normalized spacial score (nSPS) is 10.0. The number of carbonyl (C=O) groups is 1. The molecule has 13 heavy (non-hydrogen) atoms. The number of amides is 1. The molecule has 0 spiro atoms. The highest BCUT2D eigenvalue weighted by atomic mass is 16.5. The number of carbonyl (C=O) groups excluding carboxylic acids is 1. The SMILES string of the molecule is CCOCCCC(=O)NCCCN. The maximum atomic E-state index is 11.1. The average Bonchev–Trinajstić information content (AvgIpc) is 2.13. The van der Waals surface area contributed by atoms with Crippen LogP contribution in [0.15, 0.2) is 0 Å². The highest BCUT2D eigenvalue weighted by Crippen LogP contribution is 1.90. The van der Waals surface area contributed by atoms with Gasteiger partial charge in [-0.15, -0.1) is 0 Å². The molecular formula is C9H20N2O2. The molecule has 0 aromatic rings. The second-order valence-corrected chi connectivity index (χ2v) is 2.79. The van der Waals surface area contributed by atoms with Gasteiger partial charge in [0.05, 0.1) is 0 Å². The average molecular weight is 188 g/mol. The molecule has 0 fully saturated rings. The predicted octanol–water partition coefficient (Wildman–Crippen LogP) is 0.268. The van der Waals surface area contributed by atoms with Crippen molar-refractivity contribution in [3.8, 4) is 0 Å². The Bertz CT molecular complexity index is 129. The number of ether oxygens (including phenoxy) is 1. The monoisotopic (exact) mass is 188 g/mol. The van der Waals surface area contributed by atoms with Crippen molar-refractivity contribution < 1.29 is 9.53 Å². The summed E-state index contributed by atoms with van der Waals surface area (Å²) >= 11 is 0. The smallest absolute Gasteiger partial charge is 0.220 e. The second-order valence-electron chi connectivity index (χ2n) is 2.79. The fourth-order valence-electron chi connectivity index (χ4n) is 0.897. The molecule has 0 aromatic heterocycles. The molecule has 0 bridgehead atoms. The van der Waals surface area contributed by atoms with E-state index in [4.69, 9.17) is 10.5 Å². The van der Waals surface area contributed by atoms with E-state index >= 15 is 0 Å². The summed E-state index contributed by atoms with van der Waals surface area (Å²) in [6.45, 7) is 4.64. The van der Waals surface area contributed by atoms with Gasteiger partial charge in [-0.1, -0.05) is 0 Å². The third-order valence-electron chi connectivity index (χ3n) is 1.60. The minimum atomic E-state index is 0.0909. The fraction of sp³-hybridized carbons (Fsp3) is 0.889. The van der Waals surface area contributed by atoms with Crippen molar-refractivity contribution in [3.63, 3.8) is 0 Å². The molecule has 3 N–H and O–H groups in total. The van der Waals surface area contributed by atoms with E-state index in [-0.39, 0.29) is 5.91 Å². The maximum absolute atomic E-state index is 11.1. The molecule has 0 saturated carbocycles. The van der Waals surface area contributed by atoms with Gasteiger partial charge in [-0.3, -0.25) is 4.79 Å². The maximum Gasteiger partial charge on any atom is 0.220 e. The van der Waals surface area contributed by atoms with Gasteiger partial charge in [0, 0.05) is 26.2 Å². The first-order chi connectivity index (χ1) is 6.31. The summed E-state index contributed by atoms with van der Waals surface area (Å²) in [5.41, 5.74) is 5.28. The standard InChI is InChI=1S/C9H20N2O2/c1-2-13-8-3-5-9(12)11-7-4-6-10/h2-8,10H2,1H3,(H,11,12). The molecule has 0 radical (unpaired) electrons. The molecule has 0 aliphatic carbocycles. The highest BCUT2D eigenvalue weighted by molar-refractivity contribution is 5.75. The van der Waals surface area contributed by atoms with E-state index in [9.17, 15) is 4.79 Å². The van der Waals surface area contributed by atoms with Crippen molar-refractivity contribution in [3.05, 3.63) is 0 Å². The summed E-state index contributed by atoms with van der Waals surface area (Å²) < 4.78 is 5.11. The summed E-state index contributed by atoms with van der Waals surface area (Å²) in [6, 6.07) is 0. The van der Waals surface area contributed by atoms with Gasteiger partial charge in [-0.2, -0.15) is 0 Å². The molecule has 0 aromatic carbocycles. The summed E-state index contributed by atoms with van der Waals surface area (Å²) in [5, 5.41) is 2.79. The Hall–Kier alpha value is -0.610. The molecule has 0 aliphatic rings. The number of rotatable bonds is 8. The number of nitrogens with two attached hydrogens (primary N) is 1. The zero-order chi connectivity index (χ0) is 9.94. The molecule has 4 heteroatoms. The highest BCUT2D eigenvalue weighted by Gasteiger charge is 1.98. The predicted molar refractivity (Wildman–Crippen MR) is 52.4 cm³/mol. The van der Waals surface area contributed by atoms with Crippen molar-refractivity contribution in [2.24, 2.45) is 5.73 Å². The van der Waals surface area contributed by atoms with E-state index in [1.54, 1.807) is 0 Å². The Morgan fingerprint density at radius 2 is 2.23 bits per heavy atom. The first-order valence-corrected chi connectivity index (χ1v) is 4.85. The zero-order valence-corrected chi connectivity index (χ0v) is 8.34. The lowest BCUT2D eigenvalue weighted by Gasteiger charge is -2.03. The Morgan fingerprint density at radius 3 is 2.85 bits per heavy atom. The Balaban J connectivity index is 3.11. The van der Waals surface area contributed by atoms with Crippen LogP contribution in [0.5, 0.6) is 0 Å². The molecule has 0 rings (SSSR count). The lowest BCUT2D eigenvalue weighted by Crippen LogP contribution is -2.25. The third kappa shape index (κ3) is 9.30. The van der Waals surface area contributed by atoms with Crippen LogP contribution in [0.2, 0.25) is 0 Å². The summed E-state index contributed by atoms with van der Waals surface area (Å²) in [6.07, 6.45) is 2.18. The molecular weight excluding hydrogens is 168 g/mol. The fourth-order valence-corrected chi connectivity index (χ4v) is 0.897. The van der Waals surface area contributed by atoms with Gasteiger partial charge < -0.3 is 15.8 Å². The molecule has 0 unspecified atom stereocenters. The molecule has 1 amide bonds. The first kappa shape index (κ1) is 12.4. The van der Waals surface area contributed by atoms with E-state index in [0.717, 1.165) is 19.4 Å². The third-order valence-corrected chi connectivity index (χ3v) is 1.60. The largest absolute Gasteiger partial charge is 0.382 e. The zero-order valence-electron chi connectivity index (χ0n) is 8.34. The van der Waals surface area contributed by atoms with Gasteiger partial charge in [-0.05, 0) is 26.3 Å². The lowest BCUT2D eigenvalue weighted by molar-refractivity contribution is -0.121. The van der Waals surface area contributed by atoms with Gasteiger partial charge in [0.15, 0.2) is 0 Å². The van der Waals surface area contributed by atoms with Crippen LogP contribution in [0.3, 0.4) is 0 Å². The van der Waals surface area contributed by atoms with E-state index < -0.39 is 0 Å². The molecule has 0 heterocycles. The molecule has 0 atom stereocenters. The Labute approximate surface area is 79.8 Å². The first-order valence-electron chi connectivity index (χ1n) is 4.85. The minimum Gasteiger partial charge on any atom is -0.382 e. The van der Waals surface area contributed by atoms with Crippen LogP contribution in [0, 0.1) is 0 Å². The van der Waals surface area contributed by atoms with Crippen LogP contribution >= 0.6 is 0 Å². The molecule has 0 aliphatic heterocycles. The molecule has 4 nitrogen and oxygen atoms in total. The Kier molecular flexibility index (Phi) is 9.03. The van der Waals surface area contributed by atoms with Gasteiger partial charge in [0.1, 0.15) is 0 Å². The van der Waals surface area contributed by atoms with Crippen LogP contribution in [-0.2, 0) is 9.53 Å². The van der Waals surface area contributed by atoms with Gasteiger partial charge >= 0.3 is 0 Å². The topological polar surface area (TPSA) is 64.3 Å². The van der Waals surface area contributed by atoms with Crippen molar-refractivity contribution in [2.75, 3.05) is 26.3 Å². The van der Waals surface area contributed by atoms with Crippen LogP contribution in [0.25, 0.3) is 0 Å². The molecule has 0 saturated heterocycles. The van der Waals surface area contributed by atoms with Crippen LogP contribution in [-0.4, -0.2) is 32.2 Å². The van der Waals surface area contributed by atoms with Gasteiger partial charge in [-0.25, -0.2) is 0 Å². The van der Waals surface area contributed by atoms with E-state index in [0.29, 0.717) is 26.1 Å². The molecule has 78 valence electrons. The number of hydrogen-bond donors (Lipinski definition) is 2. The van der Waals surface area contributed by atoms with Crippen molar-refractivity contribution in [2.45, 2.75) is 26.2 Å². The Morgan fingerprint density at radius 1 is 1.46 bits per heavy atom. The van der Waals surface area contributed by atoms with E-state index in [2.05, 4.69) is 5.32 Å². The minimum absolute atomic E-state index is 0.0909. The van der Waals surface area contributed by atoms with Crippen molar-refractivity contribution in [1.82, 2.24) is 5.32 Å². The van der Waals surface area contributed by atoms with E-state index in [1.165, 1.54) is 0 Å². The summed E-state index contributed by atoms with van der Waals surface area (Å²) in [7, 11) is 0. The van der Waals surface area contributed by atoms with Crippen LogP contribution < -0.4 is 11.1 Å². The van der Waals surface area contributed by atoms with Crippen molar-refractivity contribution in [1.29, 1.82) is 0 Å². The van der Waals surface area contributed by atoms with Gasteiger partial charge in [0.25, 0.3) is 0 Å². The van der Waals surface area contributed by atoms with Crippen LogP contribution in [0.4, 0.5) is 0 Å². The van der Waals surface area contributed by atoms with Crippen molar-refractivity contribution >= 4 is 5.91 Å². The number of hydrogen-bond acceptors (Lipinski definition) is 3. The quantitative estimate of drug-likeness (QED) is 0.537. The summed E-state index contributed by atoms with van der Waals surface area (Å²) in [4.78, 5) is 11.1.